The number of hydrogen-bond donors (Lipinski definition) is 2. The molecule has 0 saturated carbocycles. The molecule has 0 aliphatic rings. The second-order valence-electron chi connectivity index (χ2n) is 6.97. The number of unbranched alkanes of at least 4 members (excludes halogenated alkanes) is 1. The lowest BCUT2D eigenvalue weighted by atomic mass is 9.98. The van der Waals surface area contributed by atoms with E-state index in [9.17, 15) is 0 Å². The molecule has 0 spiro atoms. The van der Waals surface area contributed by atoms with Crippen LogP contribution in [0.4, 0.5) is 0 Å². The highest BCUT2D eigenvalue weighted by atomic mass is 16.5. The Hall–Kier alpha value is -2.85. The lowest BCUT2D eigenvalue weighted by Crippen LogP contribution is -1.99. The van der Waals surface area contributed by atoms with E-state index >= 15 is 0 Å². The maximum Gasteiger partial charge on any atom is 0.119 e. The van der Waals surface area contributed by atoms with Crippen molar-refractivity contribution < 1.29 is 4.74 Å². The van der Waals surface area contributed by atoms with Gasteiger partial charge in [-0.15, -0.1) is 0 Å². The standard InChI is InChI=1S/C23H25N3O/c1-15-13-17(27-2)14-20-18(9-3-4-11-24)23(26-21(15)20)19-10-5-7-16-8-6-12-25-22(16)19/h5-8,10,12-14,26H,3-4,9,11,24H2,1-2H3. The predicted molar refractivity (Wildman–Crippen MR) is 112 cm³/mol. The van der Waals surface area contributed by atoms with Crippen LogP contribution in [0.5, 0.6) is 5.75 Å². The lowest BCUT2D eigenvalue weighted by molar-refractivity contribution is 0.415. The highest BCUT2D eigenvalue weighted by molar-refractivity contribution is 6.00. The molecule has 0 aliphatic heterocycles. The third kappa shape index (κ3) is 3.17. The Morgan fingerprint density at radius 1 is 1.11 bits per heavy atom. The average Bonchev–Trinajstić information content (AvgIpc) is 3.06. The number of nitrogens with one attached hydrogen (secondary N) is 1. The number of para-hydroxylation sites is 1. The lowest BCUT2D eigenvalue weighted by Gasteiger charge is -2.08. The fraction of sp³-hybridized carbons (Fsp3) is 0.261. The Morgan fingerprint density at radius 2 is 1.96 bits per heavy atom. The molecule has 4 aromatic rings. The van der Waals surface area contributed by atoms with Gasteiger partial charge in [-0.1, -0.05) is 24.3 Å². The highest BCUT2D eigenvalue weighted by Gasteiger charge is 2.17. The summed E-state index contributed by atoms with van der Waals surface area (Å²) in [6, 6.07) is 14.7. The van der Waals surface area contributed by atoms with Gasteiger partial charge in [-0.25, -0.2) is 0 Å². The first-order valence-electron chi connectivity index (χ1n) is 9.46. The molecule has 2 heterocycles. The van der Waals surface area contributed by atoms with Crippen molar-refractivity contribution in [2.24, 2.45) is 5.73 Å². The normalized spacial score (nSPS) is 11.4. The van der Waals surface area contributed by atoms with Crippen LogP contribution in [0.2, 0.25) is 0 Å². The Kier molecular flexibility index (Phi) is 4.82. The number of nitrogens with zero attached hydrogens (tertiary/aromatic N) is 1. The number of ether oxygens (including phenoxy) is 1. The zero-order chi connectivity index (χ0) is 18.8. The zero-order valence-electron chi connectivity index (χ0n) is 15.9. The van der Waals surface area contributed by atoms with E-state index in [1.807, 2.05) is 12.3 Å². The van der Waals surface area contributed by atoms with Gasteiger partial charge in [0, 0.05) is 28.0 Å². The van der Waals surface area contributed by atoms with Crippen molar-refractivity contribution in [3.63, 3.8) is 0 Å². The molecule has 27 heavy (non-hydrogen) atoms. The number of aromatic nitrogens is 2. The maximum atomic E-state index is 5.74. The molecule has 2 aromatic heterocycles. The van der Waals surface area contributed by atoms with Crippen LogP contribution in [0.3, 0.4) is 0 Å². The van der Waals surface area contributed by atoms with Crippen molar-refractivity contribution in [3.05, 3.63) is 59.8 Å². The van der Waals surface area contributed by atoms with Crippen LogP contribution >= 0.6 is 0 Å². The number of rotatable bonds is 6. The third-order valence-electron chi connectivity index (χ3n) is 5.20. The molecule has 3 N–H and O–H groups in total. The smallest absolute Gasteiger partial charge is 0.119 e. The quantitative estimate of drug-likeness (QED) is 0.477. The molecule has 0 aliphatic carbocycles. The van der Waals surface area contributed by atoms with E-state index in [0.29, 0.717) is 0 Å². The van der Waals surface area contributed by atoms with E-state index in [2.05, 4.69) is 53.3 Å². The molecule has 0 radical (unpaired) electrons. The van der Waals surface area contributed by atoms with Gasteiger partial charge in [0.2, 0.25) is 0 Å². The van der Waals surface area contributed by atoms with Crippen LogP contribution in [-0.2, 0) is 6.42 Å². The minimum absolute atomic E-state index is 0.718. The molecule has 4 heteroatoms. The number of aromatic amines is 1. The molecule has 0 fully saturated rings. The number of nitrogens with two attached hydrogens (primary N) is 1. The van der Waals surface area contributed by atoms with E-state index < -0.39 is 0 Å². The van der Waals surface area contributed by atoms with Crippen LogP contribution in [0.15, 0.2) is 48.7 Å². The van der Waals surface area contributed by atoms with E-state index in [4.69, 9.17) is 10.5 Å². The number of methoxy groups -OCH3 is 1. The second kappa shape index (κ2) is 7.41. The largest absolute Gasteiger partial charge is 0.497 e. The Labute approximate surface area is 159 Å². The van der Waals surface area contributed by atoms with Gasteiger partial charge in [0.05, 0.1) is 18.3 Å². The summed E-state index contributed by atoms with van der Waals surface area (Å²) in [5.74, 6) is 0.890. The summed E-state index contributed by atoms with van der Waals surface area (Å²) in [5, 5.41) is 2.38. The predicted octanol–water partition coefficient (Wildman–Crippen LogP) is 4.98. The number of benzene rings is 2. The molecule has 0 atom stereocenters. The van der Waals surface area contributed by atoms with Gasteiger partial charge in [-0.2, -0.15) is 0 Å². The van der Waals surface area contributed by atoms with Gasteiger partial charge < -0.3 is 15.5 Å². The van der Waals surface area contributed by atoms with E-state index in [1.54, 1.807) is 7.11 Å². The summed E-state index contributed by atoms with van der Waals surface area (Å²) in [6.07, 6.45) is 4.91. The topological polar surface area (TPSA) is 63.9 Å². The monoisotopic (exact) mass is 359 g/mol. The van der Waals surface area contributed by atoms with Crippen LogP contribution < -0.4 is 10.5 Å². The van der Waals surface area contributed by atoms with Gasteiger partial charge >= 0.3 is 0 Å². The number of hydrogen-bond acceptors (Lipinski definition) is 3. The fourth-order valence-electron chi connectivity index (χ4n) is 3.85. The summed E-state index contributed by atoms with van der Waals surface area (Å²) in [6.45, 7) is 2.84. The van der Waals surface area contributed by atoms with Crippen molar-refractivity contribution in [1.82, 2.24) is 9.97 Å². The molecule has 4 nitrogen and oxygen atoms in total. The van der Waals surface area contributed by atoms with Crippen LogP contribution in [-0.4, -0.2) is 23.6 Å². The Balaban J connectivity index is 1.98. The van der Waals surface area contributed by atoms with Crippen molar-refractivity contribution >= 4 is 21.8 Å². The molecule has 4 rings (SSSR count). The average molecular weight is 359 g/mol. The van der Waals surface area contributed by atoms with Crippen molar-refractivity contribution in [2.75, 3.05) is 13.7 Å². The van der Waals surface area contributed by atoms with Gasteiger partial charge in [0.1, 0.15) is 5.75 Å². The Morgan fingerprint density at radius 3 is 2.78 bits per heavy atom. The first-order chi connectivity index (χ1) is 13.2. The summed E-state index contributed by atoms with van der Waals surface area (Å²) in [7, 11) is 1.72. The second-order valence-corrected chi connectivity index (χ2v) is 6.97. The van der Waals surface area contributed by atoms with E-state index in [0.717, 1.165) is 53.7 Å². The zero-order valence-corrected chi connectivity index (χ0v) is 15.9. The molecular formula is C23H25N3O. The molecular weight excluding hydrogens is 334 g/mol. The summed E-state index contributed by atoms with van der Waals surface area (Å²) >= 11 is 0. The Bertz CT molecular complexity index is 1090. The molecule has 0 saturated heterocycles. The third-order valence-corrected chi connectivity index (χ3v) is 5.20. The molecule has 0 unspecified atom stereocenters. The van der Waals surface area contributed by atoms with Gasteiger partial charge in [-0.05, 0) is 62.1 Å². The summed E-state index contributed by atoms with van der Waals surface area (Å²) in [4.78, 5) is 8.35. The van der Waals surface area contributed by atoms with Crippen LogP contribution in [0.1, 0.15) is 24.0 Å². The van der Waals surface area contributed by atoms with Crippen LogP contribution in [0.25, 0.3) is 33.1 Å². The SMILES string of the molecule is COc1cc(C)c2[nH]c(-c3cccc4cccnc34)c(CCCCN)c2c1. The molecule has 0 bridgehead atoms. The van der Waals surface area contributed by atoms with Crippen molar-refractivity contribution in [3.8, 4) is 17.0 Å². The van der Waals surface area contributed by atoms with Gasteiger partial charge in [0.25, 0.3) is 0 Å². The van der Waals surface area contributed by atoms with E-state index in [1.165, 1.54) is 22.0 Å². The van der Waals surface area contributed by atoms with Crippen molar-refractivity contribution in [2.45, 2.75) is 26.2 Å². The van der Waals surface area contributed by atoms with Crippen LogP contribution in [0, 0.1) is 6.92 Å². The maximum absolute atomic E-state index is 5.74. The first-order valence-corrected chi connectivity index (χ1v) is 9.46. The number of fused-ring (bicyclic) bond motifs is 2. The number of aryl methyl sites for hydroxylation is 2. The van der Waals surface area contributed by atoms with Gasteiger partial charge in [0.15, 0.2) is 0 Å². The highest BCUT2D eigenvalue weighted by Crippen LogP contribution is 2.37. The molecule has 2 aromatic carbocycles. The number of pyridine rings is 1. The number of H-pyrrole nitrogens is 1. The summed E-state index contributed by atoms with van der Waals surface area (Å²) in [5.41, 5.74) is 12.7. The van der Waals surface area contributed by atoms with Gasteiger partial charge in [-0.3, -0.25) is 4.98 Å². The van der Waals surface area contributed by atoms with E-state index in [-0.39, 0.29) is 0 Å². The minimum atomic E-state index is 0.718. The first kappa shape index (κ1) is 17.6. The fourth-order valence-corrected chi connectivity index (χ4v) is 3.85. The minimum Gasteiger partial charge on any atom is -0.497 e. The van der Waals surface area contributed by atoms with Crippen molar-refractivity contribution in [1.29, 1.82) is 0 Å². The summed E-state index contributed by atoms with van der Waals surface area (Å²) < 4.78 is 5.52. The molecule has 138 valence electrons. The molecule has 0 amide bonds.